The van der Waals surface area contributed by atoms with E-state index < -0.39 is 5.82 Å². The lowest BCUT2D eigenvalue weighted by Crippen LogP contribution is -2.13. The number of pyridine rings is 2. The van der Waals surface area contributed by atoms with Crippen LogP contribution < -0.4 is 5.32 Å². The number of carbonyl (C=O) groups excluding carboxylic acids is 1. The molecule has 6 aromatic rings. The van der Waals surface area contributed by atoms with Gasteiger partial charge in [0, 0.05) is 39.7 Å². The molecule has 8 nitrogen and oxygen atoms in total. The number of amides is 1. The summed E-state index contributed by atoms with van der Waals surface area (Å²) >= 11 is 1.03. The Labute approximate surface area is 211 Å². The number of carbonyl (C=O) groups is 1. The van der Waals surface area contributed by atoms with Gasteiger partial charge < -0.3 is 10.3 Å². The maximum atomic E-state index is 15.1. The fraction of sp³-hybridized carbons (Fsp3) is 0.115. The van der Waals surface area contributed by atoms with Gasteiger partial charge in [0.15, 0.2) is 22.4 Å². The van der Waals surface area contributed by atoms with Gasteiger partial charge in [-0.05, 0) is 54.8 Å². The summed E-state index contributed by atoms with van der Waals surface area (Å²) < 4.78 is 28.8. The van der Waals surface area contributed by atoms with Crippen LogP contribution in [-0.4, -0.2) is 36.0 Å². The van der Waals surface area contributed by atoms with Crippen molar-refractivity contribution in [1.82, 2.24) is 30.1 Å². The molecule has 182 valence electrons. The molecular formula is C26H17F2N7OS. The van der Waals surface area contributed by atoms with Gasteiger partial charge in [0.1, 0.15) is 11.2 Å². The number of fused-ring (bicyclic) bond motifs is 2. The van der Waals surface area contributed by atoms with E-state index in [4.69, 9.17) is 0 Å². The zero-order chi connectivity index (χ0) is 25.1. The SMILES string of the molecule is O=C(Nc1cncc(-c2cc(F)c3n[nH]c(-c4nc5nccc(-c6ccc(F)s6)c5[nH]4)c3c2)c1)C1CC1. The average Bonchev–Trinajstić information content (AvgIpc) is 3.29. The third-order valence-corrected chi connectivity index (χ3v) is 7.27. The topological polar surface area (TPSA) is 112 Å². The summed E-state index contributed by atoms with van der Waals surface area (Å²) in [6.07, 6.45) is 6.59. The van der Waals surface area contributed by atoms with E-state index in [0.29, 0.717) is 44.9 Å². The first-order valence-electron chi connectivity index (χ1n) is 11.6. The molecule has 1 aromatic carbocycles. The molecule has 1 aliphatic carbocycles. The van der Waals surface area contributed by atoms with Gasteiger partial charge in [-0.2, -0.15) is 9.49 Å². The van der Waals surface area contributed by atoms with E-state index >= 15 is 4.39 Å². The molecule has 0 radical (unpaired) electrons. The number of imidazole rings is 1. The molecule has 0 aliphatic heterocycles. The molecule has 0 unspecified atom stereocenters. The second-order valence-corrected chi connectivity index (χ2v) is 9.96. The predicted octanol–water partition coefficient (Wildman–Crippen LogP) is 5.92. The summed E-state index contributed by atoms with van der Waals surface area (Å²) in [5.74, 6) is -0.0505. The van der Waals surface area contributed by atoms with Gasteiger partial charge in [-0.1, -0.05) is 0 Å². The third-order valence-electron chi connectivity index (χ3n) is 6.37. The quantitative estimate of drug-likeness (QED) is 0.265. The van der Waals surface area contributed by atoms with Crippen LogP contribution in [0.2, 0.25) is 0 Å². The predicted molar refractivity (Wildman–Crippen MR) is 137 cm³/mol. The fourth-order valence-corrected chi connectivity index (χ4v) is 5.13. The van der Waals surface area contributed by atoms with Gasteiger partial charge >= 0.3 is 0 Å². The Morgan fingerprint density at radius 2 is 1.97 bits per heavy atom. The van der Waals surface area contributed by atoms with Gasteiger partial charge in [-0.15, -0.1) is 11.3 Å². The molecule has 5 aromatic heterocycles. The number of hydrogen-bond donors (Lipinski definition) is 3. The minimum absolute atomic E-state index is 0.0270. The first kappa shape index (κ1) is 21.7. The van der Waals surface area contributed by atoms with Crippen LogP contribution in [0.15, 0.2) is 55.0 Å². The highest BCUT2D eigenvalue weighted by Crippen LogP contribution is 2.36. The Hall–Kier alpha value is -4.51. The number of nitrogens with zero attached hydrogens (tertiary/aromatic N) is 4. The minimum Gasteiger partial charge on any atom is -0.335 e. The lowest BCUT2D eigenvalue weighted by atomic mass is 10.0. The number of aromatic amines is 2. The van der Waals surface area contributed by atoms with Crippen LogP contribution in [-0.2, 0) is 4.79 Å². The van der Waals surface area contributed by atoms with Crippen LogP contribution in [0.4, 0.5) is 14.5 Å². The summed E-state index contributed by atoms with van der Waals surface area (Å²) in [7, 11) is 0. The number of thiophene rings is 1. The zero-order valence-electron chi connectivity index (χ0n) is 19.0. The van der Waals surface area contributed by atoms with Crippen LogP contribution >= 0.6 is 11.3 Å². The van der Waals surface area contributed by atoms with Crippen LogP contribution in [0, 0.1) is 16.9 Å². The summed E-state index contributed by atoms with van der Waals surface area (Å²) in [5, 5.41) is 10.2. The van der Waals surface area contributed by atoms with Crippen molar-refractivity contribution in [3.05, 3.63) is 65.9 Å². The number of aromatic nitrogens is 6. The number of nitrogens with one attached hydrogen (secondary N) is 3. The number of rotatable bonds is 5. The van der Waals surface area contributed by atoms with E-state index in [9.17, 15) is 9.18 Å². The molecule has 1 aliphatic rings. The number of benzene rings is 1. The number of hydrogen-bond acceptors (Lipinski definition) is 6. The zero-order valence-corrected chi connectivity index (χ0v) is 19.9. The van der Waals surface area contributed by atoms with Crippen molar-refractivity contribution in [2.45, 2.75) is 12.8 Å². The highest BCUT2D eigenvalue weighted by Gasteiger charge is 2.29. The molecule has 11 heteroatoms. The van der Waals surface area contributed by atoms with E-state index in [1.54, 1.807) is 42.9 Å². The number of anilines is 1. The van der Waals surface area contributed by atoms with Crippen molar-refractivity contribution >= 4 is 45.0 Å². The van der Waals surface area contributed by atoms with Gasteiger partial charge in [0.25, 0.3) is 0 Å². The van der Waals surface area contributed by atoms with Crippen LogP contribution in [0.3, 0.4) is 0 Å². The van der Waals surface area contributed by atoms with E-state index in [1.807, 2.05) is 0 Å². The minimum atomic E-state index is -0.508. The maximum absolute atomic E-state index is 15.1. The first-order valence-corrected chi connectivity index (χ1v) is 12.4. The lowest BCUT2D eigenvalue weighted by Gasteiger charge is -2.07. The van der Waals surface area contributed by atoms with Gasteiger partial charge in [0.05, 0.1) is 17.4 Å². The number of H-pyrrole nitrogens is 2. The normalized spacial score (nSPS) is 13.5. The molecule has 1 saturated carbocycles. The van der Waals surface area contributed by atoms with E-state index in [2.05, 4.69) is 35.5 Å². The van der Waals surface area contributed by atoms with Gasteiger partial charge in [0.2, 0.25) is 5.91 Å². The van der Waals surface area contributed by atoms with Crippen LogP contribution in [0.25, 0.3) is 55.2 Å². The summed E-state index contributed by atoms with van der Waals surface area (Å²) in [6.45, 7) is 0. The molecule has 1 amide bonds. The van der Waals surface area contributed by atoms with Crippen molar-refractivity contribution in [2.75, 3.05) is 5.32 Å². The third kappa shape index (κ3) is 3.84. The molecule has 0 bridgehead atoms. The standard InChI is InChI=1S/C26H17F2N7OS/c27-18-9-13(14-7-15(11-29-10-14)31-26(36)12-1-2-12)8-17-21(18)34-35-23(17)25-32-22-16(5-6-30-24(22)33-25)19-3-4-20(28)37-19/h3-12H,1-2H2,(H,31,36)(H,34,35)(H,30,32,33). The fourth-order valence-electron chi connectivity index (χ4n) is 4.37. The molecule has 7 rings (SSSR count). The summed E-state index contributed by atoms with van der Waals surface area (Å²) in [5.41, 5.74) is 4.29. The Morgan fingerprint density at radius 1 is 1.08 bits per heavy atom. The first-order chi connectivity index (χ1) is 18.0. The van der Waals surface area contributed by atoms with E-state index in [1.165, 1.54) is 12.1 Å². The molecule has 3 N–H and O–H groups in total. The summed E-state index contributed by atoms with van der Waals surface area (Å²) in [6, 6.07) is 9.87. The Morgan fingerprint density at radius 3 is 2.78 bits per heavy atom. The molecule has 0 spiro atoms. The van der Waals surface area contributed by atoms with Crippen molar-refractivity contribution in [1.29, 1.82) is 0 Å². The van der Waals surface area contributed by atoms with Crippen molar-refractivity contribution < 1.29 is 13.6 Å². The molecule has 0 atom stereocenters. The van der Waals surface area contributed by atoms with Crippen LogP contribution in [0.5, 0.6) is 0 Å². The number of halogens is 2. The Kier molecular flexibility index (Phi) is 4.86. The highest BCUT2D eigenvalue weighted by atomic mass is 32.1. The lowest BCUT2D eigenvalue weighted by molar-refractivity contribution is -0.117. The van der Waals surface area contributed by atoms with E-state index in [-0.39, 0.29) is 22.5 Å². The largest absolute Gasteiger partial charge is 0.335 e. The van der Waals surface area contributed by atoms with Crippen molar-refractivity contribution in [3.63, 3.8) is 0 Å². The second kappa shape index (κ2) is 8.27. The van der Waals surface area contributed by atoms with Gasteiger partial charge in [-0.3, -0.25) is 14.9 Å². The molecular weight excluding hydrogens is 496 g/mol. The smallest absolute Gasteiger partial charge is 0.227 e. The van der Waals surface area contributed by atoms with Crippen molar-refractivity contribution in [2.24, 2.45) is 5.92 Å². The van der Waals surface area contributed by atoms with Crippen LogP contribution in [0.1, 0.15) is 12.8 Å². The molecule has 0 saturated heterocycles. The molecule has 37 heavy (non-hydrogen) atoms. The molecule has 1 fully saturated rings. The van der Waals surface area contributed by atoms with E-state index in [0.717, 1.165) is 34.6 Å². The summed E-state index contributed by atoms with van der Waals surface area (Å²) in [4.78, 5) is 29.3. The maximum Gasteiger partial charge on any atom is 0.227 e. The second-order valence-electron chi connectivity index (χ2n) is 8.92. The monoisotopic (exact) mass is 513 g/mol. The Bertz CT molecular complexity index is 1840. The van der Waals surface area contributed by atoms with Gasteiger partial charge in [-0.25, -0.2) is 14.4 Å². The van der Waals surface area contributed by atoms with Crippen molar-refractivity contribution in [3.8, 4) is 33.1 Å². The average molecular weight is 514 g/mol. The highest BCUT2D eigenvalue weighted by molar-refractivity contribution is 7.14. The molecule has 5 heterocycles. The Balaban J connectivity index is 1.31.